The average molecular weight is 247 g/mol. The Bertz CT molecular complexity index is 295. The third-order valence-electron chi connectivity index (χ3n) is 5.41. The van der Waals surface area contributed by atoms with Gasteiger partial charge in [-0.1, -0.05) is 12.2 Å². The summed E-state index contributed by atoms with van der Waals surface area (Å²) in [5.74, 6) is 5.19. The Labute approximate surface area is 112 Å². The van der Waals surface area contributed by atoms with Crippen molar-refractivity contribution in [2.75, 3.05) is 6.54 Å². The first-order valence-corrected chi connectivity index (χ1v) is 7.93. The van der Waals surface area contributed by atoms with Gasteiger partial charge in [-0.2, -0.15) is 0 Å². The lowest BCUT2D eigenvalue weighted by atomic mass is 9.52. The molecule has 0 aromatic heterocycles. The lowest BCUT2D eigenvalue weighted by Crippen LogP contribution is -2.44. The van der Waals surface area contributed by atoms with E-state index < -0.39 is 0 Å². The molecule has 1 heteroatoms. The molecule has 4 aliphatic rings. The normalized spacial score (nSPS) is 42.9. The Morgan fingerprint density at radius 1 is 0.944 bits per heavy atom. The molecule has 0 spiro atoms. The summed E-state index contributed by atoms with van der Waals surface area (Å²) in [5, 5.41) is 3.56. The van der Waals surface area contributed by atoms with E-state index in [0.717, 1.165) is 36.1 Å². The van der Waals surface area contributed by atoms with Gasteiger partial charge in [0.1, 0.15) is 0 Å². The van der Waals surface area contributed by atoms with Gasteiger partial charge in [0.05, 0.1) is 0 Å². The van der Waals surface area contributed by atoms with Crippen LogP contribution in [0.1, 0.15) is 52.9 Å². The predicted molar refractivity (Wildman–Crippen MR) is 77.4 cm³/mol. The molecular weight excluding hydrogens is 218 g/mol. The van der Waals surface area contributed by atoms with Crippen LogP contribution in [0, 0.1) is 29.6 Å². The summed E-state index contributed by atoms with van der Waals surface area (Å²) in [6, 6.07) is 0. The third kappa shape index (κ3) is 2.66. The molecule has 4 rings (SSSR count). The molecule has 0 amide bonds. The van der Waals surface area contributed by atoms with Crippen LogP contribution in [0.5, 0.6) is 0 Å². The molecule has 0 aromatic carbocycles. The maximum absolute atomic E-state index is 3.56. The largest absolute Gasteiger partial charge is 0.309 e. The fourth-order valence-corrected chi connectivity index (χ4v) is 4.87. The summed E-state index contributed by atoms with van der Waals surface area (Å²) in [4.78, 5) is 0. The van der Waals surface area contributed by atoms with E-state index in [-0.39, 0.29) is 5.54 Å². The lowest BCUT2D eigenvalue weighted by Gasteiger charge is -2.53. The van der Waals surface area contributed by atoms with E-state index in [0.29, 0.717) is 0 Å². The first kappa shape index (κ1) is 12.7. The number of rotatable bonds is 3. The molecule has 4 aliphatic carbocycles. The van der Waals surface area contributed by atoms with Gasteiger partial charge in [0.2, 0.25) is 0 Å². The van der Waals surface area contributed by atoms with Crippen LogP contribution in [0.4, 0.5) is 0 Å². The van der Waals surface area contributed by atoms with Crippen molar-refractivity contribution in [3.63, 3.8) is 0 Å². The highest BCUT2D eigenvalue weighted by Crippen LogP contribution is 2.56. The van der Waals surface area contributed by atoms with Crippen molar-refractivity contribution >= 4 is 0 Å². The van der Waals surface area contributed by atoms with Gasteiger partial charge in [0.15, 0.2) is 0 Å². The van der Waals surface area contributed by atoms with Crippen LogP contribution in [0.15, 0.2) is 12.2 Å². The van der Waals surface area contributed by atoms with Crippen molar-refractivity contribution < 1.29 is 0 Å². The Morgan fingerprint density at radius 2 is 1.50 bits per heavy atom. The molecule has 4 fully saturated rings. The summed E-state index contributed by atoms with van der Waals surface area (Å²) in [6.07, 6.45) is 12.7. The number of allylic oxidation sites excluding steroid dienone is 1. The first-order chi connectivity index (χ1) is 8.51. The highest BCUT2D eigenvalue weighted by atomic mass is 14.9. The van der Waals surface area contributed by atoms with Crippen LogP contribution in [-0.4, -0.2) is 12.1 Å². The van der Waals surface area contributed by atoms with E-state index in [1.165, 1.54) is 25.7 Å². The van der Waals surface area contributed by atoms with Gasteiger partial charge in [-0.3, -0.25) is 0 Å². The number of hydrogen-bond acceptors (Lipinski definition) is 1. The van der Waals surface area contributed by atoms with Crippen molar-refractivity contribution in [2.45, 2.75) is 58.4 Å². The zero-order valence-corrected chi connectivity index (χ0v) is 12.3. The van der Waals surface area contributed by atoms with Gasteiger partial charge in [-0.15, -0.1) is 0 Å². The van der Waals surface area contributed by atoms with Gasteiger partial charge in [0.25, 0.3) is 0 Å². The van der Waals surface area contributed by atoms with Crippen molar-refractivity contribution in [3.05, 3.63) is 12.2 Å². The lowest BCUT2D eigenvalue weighted by molar-refractivity contribution is -0.0162. The third-order valence-corrected chi connectivity index (χ3v) is 5.41. The Hall–Kier alpha value is -0.300. The smallest absolute Gasteiger partial charge is 0.0139 e. The summed E-state index contributed by atoms with van der Waals surface area (Å²) < 4.78 is 0. The Balaban J connectivity index is 1.55. The van der Waals surface area contributed by atoms with Crippen LogP contribution in [0.2, 0.25) is 0 Å². The van der Waals surface area contributed by atoms with Crippen LogP contribution in [0.3, 0.4) is 0 Å². The second kappa shape index (κ2) is 4.67. The van der Waals surface area contributed by atoms with Crippen LogP contribution < -0.4 is 5.32 Å². The highest BCUT2D eigenvalue weighted by Gasteiger charge is 2.46. The van der Waals surface area contributed by atoms with E-state index in [4.69, 9.17) is 0 Å². The van der Waals surface area contributed by atoms with E-state index >= 15 is 0 Å². The summed E-state index contributed by atoms with van der Waals surface area (Å²) in [6.45, 7) is 7.75. The second-order valence-corrected chi connectivity index (χ2v) is 8.07. The zero-order valence-electron chi connectivity index (χ0n) is 12.3. The molecule has 0 saturated heterocycles. The maximum atomic E-state index is 3.56. The predicted octanol–water partition coefficient (Wildman–Crippen LogP) is 4.00. The highest BCUT2D eigenvalue weighted by molar-refractivity contribution is 5.05. The van der Waals surface area contributed by atoms with Crippen LogP contribution in [-0.2, 0) is 0 Å². The summed E-state index contributed by atoms with van der Waals surface area (Å²) >= 11 is 0. The molecule has 102 valence electrons. The minimum Gasteiger partial charge on any atom is -0.309 e. The topological polar surface area (TPSA) is 12.0 Å². The number of nitrogens with one attached hydrogen (secondary N) is 1. The summed E-state index contributed by atoms with van der Waals surface area (Å²) in [5.41, 5.74) is 0.244. The SMILES string of the molecule is CC(C)(C)NC/C=C/C1C2CC3CC(C2)CC1C3. The molecular formula is C17H29N. The second-order valence-electron chi connectivity index (χ2n) is 8.07. The minimum absolute atomic E-state index is 0.244. The molecule has 0 radical (unpaired) electrons. The van der Waals surface area contributed by atoms with E-state index in [1.807, 2.05) is 0 Å². The molecule has 1 N–H and O–H groups in total. The Morgan fingerprint density at radius 3 is 2.00 bits per heavy atom. The molecule has 0 aromatic rings. The minimum atomic E-state index is 0.244. The molecule has 0 atom stereocenters. The molecule has 0 unspecified atom stereocenters. The van der Waals surface area contributed by atoms with Crippen molar-refractivity contribution in [1.82, 2.24) is 5.32 Å². The molecule has 4 saturated carbocycles. The van der Waals surface area contributed by atoms with Crippen molar-refractivity contribution in [3.8, 4) is 0 Å². The number of hydrogen-bond donors (Lipinski definition) is 1. The van der Waals surface area contributed by atoms with E-state index in [1.54, 1.807) is 6.42 Å². The van der Waals surface area contributed by atoms with Crippen molar-refractivity contribution in [1.29, 1.82) is 0 Å². The van der Waals surface area contributed by atoms with Gasteiger partial charge in [0, 0.05) is 12.1 Å². The van der Waals surface area contributed by atoms with Crippen LogP contribution in [0.25, 0.3) is 0 Å². The van der Waals surface area contributed by atoms with E-state index in [2.05, 4.69) is 38.2 Å². The standard InChI is InChI=1S/C17H29N/c1-17(2,3)18-6-4-5-16-14-8-12-7-13(10-14)11-15(16)9-12/h4-5,12-16,18H,6-11H2,1-3H3/b5-4+. The fourth-order valence-electron chi connectivity index (χ4n) is 4.87. The fraction of sp³-hybridized carbons (Fsp3) is 0.882. The van der Waals surface area contributed by atoms with Gasteiger partial charge < -0.3 is 5.32 Å². The molecule has 18 heavy (non-hydrogen) atoms. The van der Waals surface area contributed by atoms with Gasteiger partial charge >= 0.3 is 0 Å². The first-order valence-electron chi connectivity index (χ1n) is 7.93. The Kier molecular flexibility index (Phi) is 3.30. The van der Waals surface area contributed by atoms with Gasteiger partial charge in [-0.25, -0.2) is 0 Å². The van der Waals surface area contributed by atoms with Gasteiger partial charge in [-0.05, 0) is 82.5 Å². The molecule has 1 nitrogen and oxygen atoms in total. The monoisotopic (exact) mass is 247 g/mol. The van der Waals surface area contributed by atoms with E-state index in [9.17, 15) is 0 Å². The molecule has 0 aliphatic heterocycles. The van der Waals surface area contributed by atoms with Crippen LogP contribution >= 0.6 is 0 Å². The average Bonchev–Trinajstić information content (AvgIpc) is 2.24. The molecule has 0 heterocycles. The maximum Gasteiger partial charge on any atom is 0.0139 e. The quantitative estimate of drug-likeness (QED) is 0.743. The zero-order chi connectivity index (χ0) is 12.8. The summed E-state index contributed by atoms with van der Waals surface area (Å²) in [7, 11) is 0. The van der Waals surface area contributed by atoms with Crippen molar-refractivity contribution in [2.24, 2.45) is 29.6 Å². The molecule has 4 bridgehead atoms.